The molecule has 3 aromatic carbocycles. The molecular formula is C27H22FN5O3S2. The SMILES string of the molecule is O=C(/C=C/Nc1ccc(F)cc1)c1ccc(NC(=S)Nc2ccc(S(=O)(=O)Nc3ccccn3)cc2)cc1. The van der Waals surface area contributed by atoms with Crippen molar-refractivity contribution in [2.45, 2.75) is 4.90 Å². The number of hydrogen-bond donors (Lipinski definition) is 4. The predicted octanol–water partition coefficient (Wildman–Crippen LogP) is 5.64. The molecule has 0 amide bonds. The third-order valence-electron chi connectivity index (χ3n) is 5.08. The smallest absolute Gasteiger partial charge is 0.263 e. The molecule has 0 bridgehead atoms. The third kappa shape index (κ3) is 7.45. The summed E-state index contributed by atoms with van der Waals surface area (Å²) in [5.41, 5.74) is 2.38. The van der Waals surface area contributed by atoms with Crippen molar-refractivity contribution in [3.8, 4) is 0 Å². The molecule has 4 aromatic rings. The Morgan fingerprint density at radius 3 is 2.03 bits per heavy atom. The second-order valence-electron chi connectivity index (χ2n) is 7.85. The van der Waals surface area contributed by atoms with E-state index in [9.17, 15) is 17.6 Å². The summed E-state index contributed by atoms with van der Waals surface area (Å²) < 4.78 is 40.4. The normalized spacial score (nSPS) is 11.1. The predicted molar refractivity (Wildman–Crippen MR) is 151 cm³/mol. The molecule has 38 heavy (non-hydrogen) atoms. The summed E-state index contributed by atoms with van der Waals surface area (Å²) in [4.78, 5) is 16.4. The number of rotatable bonds is 9. The lowest BCUT2D eigenvalue weighted by Gasteiger charge is -2.12. The van der Waals surface area contributed by atoms with E-state index in [1.165, 1.54) is 42.7 Å². The Kier molecular flexibility index (Phi) is 8.41. The van der Waals surface area contributed by atoms with Gasteiger partial charge in [0.05, 0.1) is 4.90 Å². The van der Waals surface area contributed by atoms with Crippen LogP contribution < -0.4 is 20.7 Å². The third-order valence-corrected chi connectivity index (χ3v) is 6.66. The van der Waals surface area contributed by atoms with Crippen molar-refractivity contribution in [1.29, 1.82) is 0 Å². The highest BCUT2D eigenvalue weighted by molar-refractivity contribution is 7.92. The van der Waals surface area contributed by atoms with E-state index in [4.69, 9.17) is 12.2 Å². The Morgan fingerprint density at radius 1 is 0.816 bits per heavy atom. The summed E-state index contributed by atoms with van der Waals surface area (Å²) in [5.74, 6) is -0.317. The van der Waals surface area contributed by atoms with Gasteiger partial charge in [0, 0.05) is 41.1 Å². The van der Waals surface area contributed by atoms with Gasteiger partial charge in [-0.2, -0.15) is 0 Å². The Labute approximate surface area is 224 Å². The Morgan fingerprint density at radius 2 is 1.42 bits per heavy atom. The number of allylic oxidation sites excluding steroid dienone is 1. The van der Waals surface area contributed by atoms with Crippen LogP contribution in [-0.4, -0.2) is 24.3 Å². The van der Waals surface area contributed by atoms with Crippen molar-refractivity contribution in [3.63, 3.8) is 0 Å². The molecule has 1 heterocycles. The monoisotopic (exact) mass is 547 g/mol. The van der Waals surface area contributed by atoms with E-state index < -0.39 is 10.0 Å². The molecular weight excluding hydrogens is 525 g/mol. The maximum absolute atomic E-state index is 13.0. The van der Waals surface area contributed by atoms with Crippen LogP contribution in [0.15, 0.2) is 114 Å². The van der Waals surface area contributed by atoms with Gasteiger partial charge in [-0.1, -0.05) is 6.07 Å². The standard InChI is InChI=1S/C27H22FN5O3S2/c28-20-6-10-21(11-7-20)29-18-16-25(34)19-4-8-22(9-5-19)31-27(37)32-23-12-14-24(15-13-23)38(35,36)33-26-3-1-2-17-30-26/h1-18,29H,(H,30,33)(H2,31,32,37)/b18-16+. The summed E-state index contributed by atoms with van der Waals surface area (Å²) in [7, 11) is -3.78. The largest absolute Gasteiger partial charge is 0.362 e. The molecule has 8 nitrogen and oxygen atoms in total. The molecule has 0 atom stereocenters. The van der Waals surface area contributed by atoms with Crippen LogP contribution in [0.4, 0.5) is 27.3 Å². The highest BCUT2D eigenvalue weighted by Crippen LogP contribution is 2.18. The van der Waals surface area contributed by atoms with E-state index in [1.54, 1.807) is 66.7 Å². The number of sulfonamides is 1. The van der Waals surface area contributed by atoms with E-state index in [-0.39, 0.29) is 27.4 Å². The van der Waals surface area contributed by atoms with Crippen molar-refractivity contribution in [2.24, 2.45) is 0 Å². The van der Waals surface area contributed by atoms with Gasteiger partial charge < -0.3 is 16.0 Å². The van der Waals surface area contributed by atoms with Gasteiger partial charge in [-0.15, -0.1) is 0 Å². The van der Waals surface area contributed by atoms with E-state index in [1.807, 2.05) is 0 Å². The first-order valence-electron chi connectivity index (χ1n) is 11.2. The van der Waals surface area contributed by atoms with Crippen molar-refractivity contribution in [2.75, 3.05) is 20.7 Å². The Balaban J connectivity index is 1.29. The number of thiocarbonyl (C=S) groups is 1. The molecule has 0 aliphatic heterocycles. The number of halogens is 1. The molecule has 0 saturated carbocycles. The van der Waals surface area contributed by atoms with Crippen LogP contribution in [0, 0.1) is 5.82 Å². The zero-order chi connectivity index (χ0) is 27.0. The molecule has 0 spiro atoms. The summed E-state index contributed by atoms with van der Waals surface area (Å²) in [6, 6.07) is 23.5. The van der Waals surface area contributed by atoms with Crippen LogP contribution >= 0.6 is 12.2 Å². The number of ketones is 1. The quantitative estimate of drug-likeness (QED) is 0.121. The number of hydrogen-bond acceptors (Lipinski definition) is 6. The number of carbonyl (C=O) groups is 1. The zero-order valence-corrected chi connectivity index (χ0v) is 21.4. The zero-order valence-electron chi connectivity index (χ0n) is 19.8. The van der Waals surface area contributed by atoms with Crippen LogP contribution in [-0.2, 0) is 10.0 Å². The number of carbonyl (C=O) groups excluding carboxylic acids is 1. The minimum atomic E-state index is -3.78. The average Bonchev–Trinajstić information content (AvgIpc) is 2.91. The molecule has 0 unspecified atom stereocenters. The van der Waals surface area contributed by atoms with E-state index in [0.717, 1.165) is 0 Å². The summed E-state index contributed by atoms with van der Waals surface area (Å²) in [6.07, 6.45) is 4.37. The lowest BCUT2D eigenvalue weighted by atomic mass is 10.1. The molecule has 1 aromatic heterocycles. The molecule has 0 fully saturated rings. The number of anilines is 4. The van der Waals surface area contributed by atoms with Gasteiger partial charge in [0.15, 0.2) is 10.9 Å². The molecule has 4 N–H and O–H groups in total. The number of pyridine rings is 1. The minimum Gasteiger partial charge on any atom is -0.362 e. The van der Waals surface area contributed by atoms with Crippen LogP contribution in [0.2, 0.25) is 0 Å². The second-order valence-corrected chi connectivity index (χ2v) is 9.94. The average molecular weight is 548 g/mol. The number of aromatic nitrogens is 1. The van der Waals surface area contributed by atoms with Gasteiger partial charge in [0.2, 0.25) is 0 Å². The fraction of sp³-hybridized carbons (Fsp3) is 0. The summed E-state index contributed by atoms with van der Waals surface area (Å²) >= 11 is 5.34. The van der Waals surface area contributed by atoms with Gasteiger partial charge in [0.25, 0.3) is 10.0 Å². The Bertz CT molecular complexity index is 1540. The maximum Gasteiger partial charge on any atom is 0.263 e. The highest BCUT2D eigenvalue weighted by atomic mass is 32.2. The maximum atomic E-state index is 13.0. The highest BCUT2D eigenvalue weighted by Gasteiger charge is 2.14. The van der Waals surface area contributed by atoms with Crippen LogP contribution in [0.1, 0.15) is 10.4 Å². The van der Waals surface area contributed by atoms with E-state index in [0.29, 0.717) is 22.6 Å². The van der Waals surface area contributed by atoms with Gasteiger partial charge in [0.1, 0.15) is 11.6 Å². The number of benzene rings is 3. The molecule has 4 rings (SSSR count). The van der Waals surface area contributed by atoms with Crippen LogP contribution in [0.3, 0.4) is 0 Å². The van der Waals surface area contributed by atoms with E-state index >= 15 is 0 Å². The fourth-order valence-corrected chi connectivity index (χ4v) is 4.45. The first-order valence-corrected chi connectivity index (χ1v) is 13.1. The van der Waals surface area contributed by atoms with Gasteiger partial charge in [-0.05, 0) is 97.1 Å². The van der Waals surface area contributed by atoms with Gasteiger partial charge >= 0.3 is 0 Å². The van der Waals surface area contributed by atoms with Crippen LogP contribution in [0.25, 0.3) is 0 Å². The lowest BCUT2D eigenvalue weighted by molar-refractivity contribution is 0.104. The minimum absolute atomic E-state index is 0.0785. The summed E-state index contributed by atoms with van der Waals surface area (Å²) in [5, 5.41) is 9.20. The second kappa shape index (κ2) is 12.1. The van der Waals surface area contributed by atoms with Gasteiger partial charge in [-0.3, -0.25) is 9.52 Å². The molecule has 192 valence electrons. The van der Waals surface area contributed by atoms with Crippen molar-refractivity contribution >= 4 is 56.0 Å². The first-order chi connectivity index (χ1) is 18.3. The molecule has 0 aliphatic rings. The fourth-order valence-electron chi connectivity index (χ4n) is 3.20. The molecule has 0 aliphatic carbocycles. The van der Waals surface area contributed by atoms with E-state index in [2.05, 4.69) is 25.7 Å². The lowest BCUT2D eigenvalue weighted by Crippen LogP contribution is -2.19. The van der Waals surface area contributed by atoms with Gasteiger partial charge in [-0.25, -0.2) is 17.8 Å². The summed E-state index contributed by atoms with van der Waals surface area (Å²) in [6.45, 7) is 0. The number of nitrogens with zero attached hydrogens (tertiary/aromatic N) is 1. The van der Waals surface area contributed by atoms with Crippen LogP contribution in [0.5, 0.6) is 0 Å². The van der Waals surface area contributed by atoms with Crippen molar-refractivity contribution < 1.29 is 17.6 Å². The Hall–Kier alpha value is -4.61. The molecule has 11 heteroatoms. The molecule has 0 radical (unpaired) electrons. The van der Waals surface area contributed by atoms with Crippen molar-refractivity contribution in [1.82, 2.24) is 4.98 Å². The topological polar surface area (TPSA) is 112 Å². The molecule has 0 saturated heterocycles. The first kappa shape index (κ1) is 26.5. The number of nitrogens with one attached hydrogen (secondary N) is 4. The van der Waals surface area contributed by atoms with Crippen molar-refractivity contribution in [3.05, 3.63) is 121 Å².